The highest BCUT2D eigenvalue weighted by Gasteiger charge is 2.00. The Morgan fingerprint density at radius 1 is 1.10 bits per heavy atom. The number of benzene rings is 1. The fourth-order valence-corrected chi connectivity index (χ4v) is 2.34. The van der Waals surface area contributed by atoms with Crippen LogP contribution in [0.4, 0.5) is 0 Å². The average Bonchev–Trinajstić information content (AvgIpc) is 2.46. The number of rotatable bonds is 11. The van der Waals surface area contributed by atoms with Crippen molar-refractivity contribution in [3.8, 4) is 5.75 Å². The summed E-state index contributed by atoms with van der Waals surface area (Å²) in [6, 6.07) is 6.13. The second kappa shape index (κ2) is 11.1. The molecule has 1 aromatic rings. The third-order valence-corrected chi connectivity index (χ3v) is 3.49. The minimum Gasteiger partial charge on any atom is -0.496 e. The second-order valence-corrected chi connectivity index (χ2v) is 5.31. The Bertz CT molecular complexity index is 374. The highest BCUT2D eigenvalue weighted by molar-refractivity contribution is 9.10. The van der Waals surface area contributed by atoms with Gasteiger partial charge in [0.1, 0.15) is 5.75 Å². The third kappa shape index (κ3) is 7.24. The molecule has 0 unspecified atom stereocenters. The number of methoxy groups -OCH3 is 2. The van der Waals surface area contributed by atoms with Crippen LogP contribution in [0.5, 0.6) is 5.75 Å². The Balaban J connectivity index is 2.05. The quantitative estimate of drug-likeness (QED) is 0.626. The summed E-state index contributed by atoms with van der Waals surface area (Å²) in [6.07, 6.45) is 2.19. The van der Waals surface area contributed by atoms with Crippen LogP contribution < -0.4 is 10.1 Å². The first-order valence-electron chi connectivity index (χ1n) is 6.87. The van der Waals surface area contributed by atoms with Crippen molar-refractivity contribution in [1.29, 1.82) is 0 Å². The van der Waals surface area contributed by atoms with Crippen molar-refractivity contribution in [3.63, 3.8) is 0 Å². The summed E-state index contributed by atoms with van der Waals surface area (Å²) < 4.78 is 16.5. The Morgan fingerprint density at radius 2 is 1.95 bits per heavy atom. The molecule has 0 aliphatic rings. The monoisotopic (exact) mass is 345 g/mol. The Kier molecular flexibility index (Phi) is 9.66. The first-order chi connectivity index (χ1) is 9.77. The lowest BCUT2D eigenvalue weighted by Crippen LogP contribution is -2.15. The molecule has 0 radical (unpaired) electrons. The van der Waals surface area contributed by atoms with Crippen molar-refractivity contribution in [2.75, 3.05) is 40.6 Å². The van der Waals surface area contributed by atoms with Crippen molar-refractivity contribution >= 4 is 15.9 Å². The summed E-state index contributed by atoms with van der Waals surface area (Å²) in [5.74, 6) is 0.863. The molecule has 0 atom stereocenters. The minimum absolute atomic E-state index is 0.671. The van der Waals surface area contributed by atoms with Gasteiger partial charge in [-0.05, 0) is 53.0 Å². The lowest BCUT2D eigenvalue weighted by atomic mass is 10.2. The van der Waals surface area contributed by atoms with Crippen LogP contribution in [0, 0.1) is 0 Å². The van der Waals surface area contributed by atoms with Gasteiger partial charge in [-0.3, -0.25) is 0 Å². The molecular weight excluding hydrogens is 322 g/mol. The van der Waals surface area contributed by atoms with Crippen LogP contribution in [-0.2, 0) is 16.0 Å². The molecule has 0 heterocycles. The molecule has 0 aliphatic heterocycles. The lowest BCUT2D eigenvalue weighted by Gasteiger charge is -2.08. The van der Waals surface area contributed by atoms with Gasteiger partial charge in [-0.1, -0.05) is 6.07 Å². The van der Waals surface area contributed by atoms with E-state index in [9.17, 15) is 0 Å². The summed E-state index contributed by atoms with van der Waals surface area (Å²) in [7, 11) is 3.36. The van der Waals surface area contributed by atoms with Crippen LogP contribution in [0.1, 0.15) is 18.4 Å². The number of nitrogens with one attached hydrogen (secondary N) is 1. The Hall–Kier alpha value is -0.620. The van der Waals surface area contributed by atoms with Crippen LogP contribution in [0.25, 0.3) is 0 Å². The molecule has 0 fully saturated rings. The minimum atomic E-state index is 0.671. The summed E-state index contributed by atoms with van der Waals surface area (Å²) in [4.78, 5) is 0. The fraction of sp³-hybridized carbons (Fsp3) is 0.600. The van der Waals surface area contributed by atoms with Crippen LogP contribution in [0.2, 0.25) is 0 Å². The predicted octanol–water partition coefficient (Wildman–Crippen LogP) is 2.99. The van der Waals surface area contributed by atoms with Gasteiger partial charge in [-0.2, -0.15) is 0 Å². The van der Waals surface area contributed by atoms with Gasteiger partial charge in [-0.25, -0.2) is 0 Å². The first kappa shape index (κ1) is 17.4. The van der Waals surface area contributed by atoms with Gasteiger partial charge in [0.05, 0.1) is 24.8 Å². The maximum Gasteiger partial charge on any atom is 0.133 e. The van der Waals surface area contributed by atoms with Gasteiger partial charge in [0.15, 0.2) is 0 Å². The standard InChI is InChI=1S/C15H24BrNO3/c1-18-9-10-20-8-4-3-7-17-12-13-5-6-15(19-2)14(16)11-13/h5-6,11,17H,3-4,7-10,12H2,1-2H3. The smallest absolute Gasteiger partial charge is 0.133 e. The van der Waals surface area contributed by atoms with E-state index in [0.29, 0.717) is 13.2 Å². The van der Waals surface area contributed by atoms with E-state index in [-0.39, 0.29) is 0 Å². The molecule has 0 amide bonds. The molecular formula is C15H24BrNO3. The zero-order valence-corrected chi connectivity index (χ0v) is 13.9. The molecule has 4 nitrogen and oxygen atoms in total. The molecule has 0 aromatic heterocycles. The van der Waals surface area contributed by atoms with Crippen molar-refractivity contribution in [1.82, 2.24) is 5.32 Å². The van der Waals surface area contributed by atoms with E-state index in [1.807, 2.05) is 6.07 Å². The Labute approximate surface area is 129 Å². The van der Waals surface area contributed by atoms with Gasteiger partial charge in [0, 0.05) is 20.3 Å². The van der Waals surface area contributed by atoms with Crippen molar-refractivity contribution in [2.45, 2.75) is 19.4 Å². The SMILES string of the molecule is COCCOCCCCNCc1ccc(OC)c(Br)c1. The predicted molar refractivity (Wildman–Crippen MR) is 84.3 cm³/mol. The van der Waals surface area contributed by atoms with Gasteiger partial charge in [-0.15, -0.1) is 0 Å². The lowest BCUT2D eigenvalue weighted by molar-refractivity contribution is 0.0688. The number of hydrogen-bond donors (Lipinski definition) is 1. The molecule has 5 heteroatoms. The van der Waals surface area contributed by atoms with Crippen molar-refractivity contribution in [2.24, 2.45) is 0 Å². The highest BCUT2D eigenvalue weighted by atomic mass is 79.9. The van der Waals surface area contributed by atoms with Crippen molar-refractivity contribution < 1.29 is 14.2 Å². The molecule has 1 N–H and O–H groups in total. The molecule has 0 bridgehead atoms. The molecule has 1 aromatic carbocycles. The largest absolute Gasteiger partial charge is 0.496 e. The first-order valence-corrected chi connectivity index (χ1v) is 7.67. The summed E-state index contributed by atoms with van der Waals surface area (Å²) in [5, 5.41) is 3.43. The molecule has 0 saturated heterocycles. The van der Waals surface area contributed by atoms with Gasteiger partial charge in [0.2, 0.25) is 0 Å². The number of halogens is 1. The van der Waals surface area contributed by atoms with E-state index in [1.54, 1.807) is 14.2 Å². The van der Waals surface area contributed by atoms with Gasteiger partial charge < -0.3 is 19.5 Å². The summed E-state index contributed by atoms with van der Waals surface area (Å²) in [5.41, 5.74) is 1.24. The number of ether oxygens (including phenoxy) is 3. The van der Waals surface area contributed by atoms with E-state index in [1.165, 1.54) is 5.56 Å². The summed E-state index contributed by atoms with van der Waals surface area (Å²) >= 11 is 3.49. The van der Waals surface area contributed by atoms with Crippen molar-refractivity contribution in [3.05, 3.63) is 28.2 Å². The summed E-state index contributed by atoms with van der Waals surface area (Å²) in [6.45, 7) is 4.03. The van der Waals surface area contributed by atoms with E-state index in [0.717, 1.165) is 42.8 Å². The Morgan fingerprint density at radius 3 is 2.65 bits per heavy atom. The molecule has 114 valence electrons. The zero-order valence-electron chi connectivity index (χ0n) is 12.3. The van der Waals surface area contributed by atoms with Gasteiger partial charge in [0.25, 0.3) is 0 Å². The third-order valence-electron chi connectivity index (χ3n) is 2.87. The van der Waals surface area contributed by atoms with Crippen LogP contribution in [0.15, 0.2) is 22.7 Å². The van der Waals surface area contributed by atoms with E-state index in [4.69, 9.17) is 14.2 Å². The van der Waals surface area contributed by atoms with E-state index >= 15 is 0 Å². The molecule has 0 spiro atoms. The topological polar surface area (TPSA) is 39.7 Å². The average molecular weight is 346 g/mol. The van der Waals surface area contributed by atoms with E-state index in [2.05, 4.69) is 33.4 Å². The number of hydrogen-bond acceptors (Lipinski definition) is 4. The van der Waals surface area contributed by atoms with Gasteiger partial charge >= 0.3 is 0 Å². The molecule has 20 heavy (non-hydrogen) atoms. The van der Waals surface area contributed by atoms with Crippen LogP contribution in [0.3, 0.4) is 0 Å². The molecule has 0 aliphatic carbocycles. The molecule has 0 saturated carbocycles. The maximum absolute atomic E-state index is 5.41. The second-order valence-electron chi connectivity index (χ2n) is 4.46. The van der Waals surface area contributed by atoms with Crippen LogP contribution >= 0.6 is 15.9 Å². The van der Waals surface area contributed by atoms with Crippen LogP contribution in [-0.4, -0.2) is 40.6 Å². The van der Waals surface area contributed by atoms with E-state index < -0.39 is 0 Å². The normalized spacial score (nSPS) is 10.8. The highest BCUT2D eigenvalue weighted by Crippen LogP contribution is 2.25. The maximum atomic E-state index is 5.41. The fourth-order valence-electron chi connectivity index (χ4n) is 1.75. The molecule has 1 rings (SSSR count). The zero-order chi connectivity index (χ0) is 14.6. The number of unbranched alkanes of at least 4 members (excludes halogenated alkanes) is 1.